The molecule has 2 aromatic carbocycles. The largest absolute Gasteiger partial charge is 0.485 e. The SMILES string of the molecule is COc1cnc2c(-c3nc4cc(F)c(OC(C)C(C)N(C(=O)O)c5cnc(C)nc5)cc4s3)cc(Cl)cc2n1. The van der Waals surface area contributed by atoms with Crippen LogP contribution < -0.4 is 14.4 Å². The van der Waals surface area contributed by atoms with Gasteiger partial charge in [0.25, 0.3) is 0 Å². The number of halogens is 2. The molecule has 0 saturated heterocycles. The first-order chi connectivity index (χ1) is 18.6. The van der Waals surface area contributed by atoms with Gasteiger partial charge in [0.1, 0.15) is 16.9 Å². The third kappa shape index (κ3) is 5.25. The molecule has 0 aliphatic rings. The van der Waals surface area contributed by atoms with E-state index in [-0.39, 0.29) is 11.4 Å². The Morgan fingerprint density at radius 3 is 2.51 bits per heavy atom. The number of thiazole rings is 1. The van der Waals surface area contributed by atoms with Crippen molar-refractivity contribution in [2.75, 3.05) is 12.0 Å². The van der Waals surface area contributed by atoms with Crippen LogP contribution in [0.25, 0.3) is 31.8 Å². The first kappa shape index (κ1) is 26.4. The van der Waals surface area contributed by atoms with Crippen molar-refractivity contribution in [1.29, 1.82) is 0 Å². The summed E-state index contributed by atoms with van der Waals surface area (Å²) in [5.74, 6) is 0.212. The molecular formula is C26H22ClFN6O4S. The van der Waals surface area contributed by atoms with Gasteiger partial charge in [0.15, 0.2) is 11.6 Å². The van der Waals surface area contributed by atoms with Gasteiger partial charge in [-0.2, -0.15) is 0 Å². The molecule has 1 N–H and O–H groups in total. The predicted octanol–water partition coefficient (Wildman–Crippen LogP) is 6.15. The zero-order valence-corrected chi connectivity index (χ0v) is 22.8. The second kappa shape index (κ2) is 10.5. The summed E-state index contributed by atoms with van der Waals surface area (Å²) in [5, 5.41) is 10.8. The molecule has 0 aliphatic carbocycles. The minimum absolute atomic E-state index is 0.0250. The number of carbonyl (C=O) groups is 1. The third-order valence-corrected chi connectivity index (χ3v) is 7.39. The fourth-order valence-electron chi connectivity index (χ4n) is 4.01. The Bertz CT molecular complexity index is 1700. The summed E-state index contributed by atoms with van der Waals surface area (Å²) in [5.41, 5.74) is 2.48. The molecule has 2 unspecified atom stereocenters. The van der Waals surface area contributed by atoms with Gasteiger partial charge < -0.3 is 14.6 Å². The quantitative estimate of drug-likeness (QED) is 0.246. The second-order valence-electron chi connectivity index (χ2n) is 8.71. The number of amides is 1. The van der Waals surface area contributed by atoms with Crippen molar-refractivity contribution in [3.05, 3.63) is 59.5 Å². The van der Waals surface area contributed by atoms with Crippen molar-refractivity contribution < 1.29 is 23.8 Å². The van der Waals surface area contributed by atoms with Gasteiger partial charge in [-0.1, -0.05) is 11.6 Å². The number of nitrogens with zero attached hydrogens (tertiary/aromatic N) is 6. The Labute approximate surface area is 231 Å². The van der Waals surface area contributed by atoms with Crippen LogP contribution in [0.5, 0.6) is 11.6 Å². The van der Waals surface area contributed by atoms with Crippen molar-refractivity contribution in [3.63, 3.8) is 0 Å². The van der Waals surface area contributed by atoms with Gasteiger partial charge in [0.2, 0.25) is 5.88 Å². The monoisotopic (exact) mass is 568 g/mol. The minimum atomic E-state index is -1.21. The number of ether oxygens (including phenoxy) is 2. The summed E-state index contributed by atoms with van der Waals surface area (Å²) in [6.45, 7) is 5.04. The Hall–Kier alpha value is -4.16. The minimum Gasteiger partial charge on any atom is -0.485 e. The number of rotatable bonds is 7. The van der Waals surface area contributed by atoms with Crippen molar-refractivity contribution in [3.8, 4) is 22.2 Å². The molecule has 1 amide bonds. The number of hydrogen-bond acceptors (Lipinski definition) is 9. The maximum Gasteiger partial charge on any atom is 0.412 e. The summed E-state index contributed by atoms with van der Waals surface area (Å²) in [6.07, 6.45) is 2.42. The van der Waals surface area contributed by atoms with E-state index in [0.29, 0.717) is 48.5 Å². The fraction of sp³-hybridized carbons (Fsp3) is 0.231. The number of benzene rings is 2. The van der Waals surface area contributed by atoms with E-state index in [0.717, 1.165) is 4.90 Å². The second-order valence-corrected chi connectivity index (χ2v) is 10.2. The molecule has 0 fully saturated rings. The van der Waals surface area contributed by atoms with Crippen molar-refractivity contribution in [2.45, 2.75) is 32.9 Å². The Morgan fingerprint density at radius 1 is 1.08 bits per heavy atom. The molecule has 13 heteroatoms. The number of aryl methyl sites for hydroxylation is 1. The highest BCUT2D eigenvalue weighted by molar-refractivity contribution is 7.21. The van der Waals surface area contributed by atoms with E-state index in [9.17, 15) is 9.90 Å². The molecule has 3 heterocycles. The standard InChI is InChI=1S/C26H22ClFN6O4S/c1-12(34(26(35)36)16-9-29-14(3)30-10-16)13(2)38-21-8-22-19(7-18(21)28)33-25(39-22)17-5-15(27)6-20-24(17)31-11-23(32-20)37-4/h5-13H,1-4H3,(H,35,36). The molecule has 0 aliphatic heterocycles. The van der Waals surface area contributed by atoms with Crippen molar-refractivity contribution >= 4 is 56.0 Å². The van der Waals surface area contributed by atoms with E-state index < -0.39 is 24.1 Å². The average Bonchev–Trinajstić information content (AvgIpc) is 3.31. The summed E-state index contributed by atoms with van der Waals surface area (Å²) < 4.78 is 26.9. The van der Waals surface area contributed by atoms with Crippen LogP contribution in [0.4, 0.5) is 14.9 Å². The molecule has 10 nitrogen and oxygen atoms in total. The van der Waals surface area contributed by atoms with E-state index in [1.54, 1.807) is 39.0 Å². The lowest BCUT2D eigenvalue weighted by Gasteiger charge is -2.30. The van der Waals surface area contributed by atoms with Crippen LogP contribution in [-0.2, 0) is 0 Å². The van der Waals surface area contributed by atoms with Gasteiger partial charge >= 0.3 is 6.09 Å². The van der Waals surface area contributed by atoms with Crippen LogP contribution in [-0.4, -0.2) is 55.4 Å². The lowest BCUT2D eigenvalue weighted by molar-refractivity contribution is 0.167. The van der Waals surface area contributed by atoms with Gasteiger partial charge in [0.05, 0.1) is 58.7 Å². The van der Waals surface area contributed by atoms with Crippen LogP contribution >= 0.6 is 22.9 Å². The number of anilines is 1. The van der Waals surface area contributed by atoms with E-state index in [1.165, 1.54) is 43.1 Å². The van der Waals surface area contributed by atoms with E-state index in [4.69, 9.17) is 21.1 Å². The summed E-state index contributed by atoms with van der Waals surface area (Å²) in [6, 6.07) is 5.56. The highest BCUT2D eigenvalue weighted by Gasteiger charge is 2.29. The highest BCUT2D eigenvalue weighted by Crippen LogP contribution is 2.38. The zero-order valence-electron chi connectivity index (χ0n) is 21.2. The zero-order chi connectivity index (χ0) is 27.8. The van der Waals surface area contributed by atoms with Crippen LogP contribution in [0.15, 0.2) is 42.9 Å². The topological polar surface area (TPSA) is 123 Å². The number of fused-ring (bicyclic) bond motifs is 2. The van der Waals surface area contributed by atoms with Gasteiger partial charge in [-0.3, -0.25) is 4.90 Å². The smallest absolute Gasteiger partial charge is 0.412 e. The molecule has 5 rings (SSSR count). The molecule has 3 aromatic heterocycles. The molecule has 0 radical (unpaired) electrons. The number of aromatic nitrogens is 5. The van der Waals surface area contributed by atoms with Crippen LogP contribution in [0.2, 0.25) is 5.02 Å². The first-order valence-electron chi connectivity index (χ1n) is 11.7. The molecule has 0 bridgehead atoms. The third-order valence-electron chi connectivity index (χ3n) is 6.12. The molecular weight excluding hydrogens is 547 g/mol. The van der Waals surface area contributed by atoms with Crippen LogP contribution in [0.3, 0.4) is 0 Å². The van der Waals surface area contributed by atoms with E-state index in [2.05, 4.69) is 24.9 Å². The van der Waals surface area contributed by atoms with Gasteiger partial charge in [-0.05, 0) is 32.9 Å². The predicted molar refractivity (Wildman–Crippen MR) is 146 cm³/mol. The molecule has 0 saturated carbocycles. The summed E-state index contributed by atoms with van der Waals surface area (Å²) in [7, 11) is 1.50. The van der Waals surface area contributed by atoms with E-state index >= 15 is 4.39 Å². The number of carboxylic acid groups (broad SMARTS) is 1. The molecule has 2 atom stereocenters. The Balaban J connectivity index is 1.46. The lowest BCUT2D eigenvalue weighted by Crippen LogP contribution is -2.46. The van der Waals surface area contributed by atoms with Gasteiger partial charge in [-0.15, -0.1) is 11.3 Å². The van der Waals surface area contributed by atoms with Crippen molar-refractivity contribution in [1.82, 2.24) is 24.9 Å². The first-order valence-corrected chi connectivity index (χ1v) is 12.9. The fourth-order valence-corrected chi connectivity index (χ4v) is 5.21. The summed E-state index contributed by atoms with van der Waals surface area (Å²) >= 11 is 7.65. The maximum atomic E-state index is 15.1. The number of hydrogen-bond donors (Lipinski definition) is 1. The molecule has 0 spiro atoms. The Kier molecular flexibility index (Phi) is 7.15. The van der Waals surface area contributed by atoms with Gasteiger partial charge in [0, 0.05) is 22.7 Å². The highest BCUT2D eigenvalue weighted by atomic mass is 35.5. The van der Waals surface area contributed by atoms with Crippen LogP contribution in [0.1, 0.15) is 19.7 Å². The van der Waals surface area contributed by atoms with Crippen LogP contribution in [0, 0.1) is 12.7 Å². The average molecular weight is 569 g/mol. The van der Waals surface area contributed by atoms with Gasteiger partial charge in [-0.25, -0.2) is 34.1 Å². The van der Waals surface area contributed by atoms with Crippen molar-refractivity contribution in [2.24, 2.45) is 0 Å². The normalized spacial score (nSPS) is 12.9. The molecule has 5 aromatic rings. The summed E-state index contributed by atoms with van der Waals surface area (Å²) in [4.78, 5) is 34.7. The Morgan fingerprint density at radius 2 is 1.82 bits per heavy atom. The molecule has 200 valence electrons. The number of methoxy groups -OCH3 is 1. The maximum absolute atomic E-state index is 15.1. The molecule has 39 heavy (non-hydrogen) atoms. The van der Waals surface area contributed by atoms with E-state index in [1.807, 2.05) is 0 Å². The lowest BCUT2D eigenvalue weighted by atomic mass is 10.1.